The van der Waals surface area contributed by atoms with E-state index in [4.69, 9.17) is 32.9 Å². The summed E-state index contributed by atoms with van der Waals surface area (Å²) in [6.07, 6.45) is -0.412. The zero-order chi connectivity index (χ0) is 25.7. The lowest BCUT2D eigenvalue weighted by molar-refractivity contribution is -0.185. The van der Waals surface area contributed by atoms with Gasteiger partial charge in [-0.1, -0.05) is 35.3 Å². The fourth-order valence-electron chi connectivity index (χ4n) is 5.14. The number of aliphatic imine (C=N–C) groups is 1. The maximum absolute atomic E-state index is 13.5. The number of hydrogen-bond donors (Lipinski definition) is 2. The molecule has 11 heteroatoms. The summed E-state index contributed by atoms with van der Waals surface area (Å²) < 4.78 is 4.90. The summed E-state index contributed by atoms with van der Waals surface area (Å²) in [6.45, 7) is 0.174. The molecule has 3 aliphatic rings. The van der Waals surface area contributed by atoms with Gasteiger partial charge in [-0.2, -0.15) is 0 Å². The van der Waals surface area contributed by atoms with Gasteiger partial charge in [0.05, 0.1) is 23.1 Å². The number of fused-ring (bicyclic) bond motifs is 2. The number of carbonyl (C=O) groups excluding carboxylic acids is 2. The lowest BCUT2D eigenvalue weighted by Crippen LogP contribution is -2.66. The Morgan fingerprint density at radius 2 is 1.89 bits per heavy atom. The molecule has 36 heavy (non-hydrogen) atoms. The summed E-state index contributed by atoms with van der Waals surface area (Å²) in [6, 6.07) is 10.5. The highest BCUT2D eigenvalue weighted by atomic mass is 35.5. The minimum Gasteiger partial charge on any atom is -0.469 e. The number of halogens is 2. The number of ether oxygens (including phenoxy) is 1. The van der Waals surface area contributed by atoms with Gasteiger partial charge in [0.2, 0.25) is 5.96 Å². The first-order valence-electron chi connectivity index (χ1n) is 11.6. The molecule has 1 saturated heterocycles. The second-order valence-corrected chi connectivity index (χ2v) is 10.2. The van der Waals surface area contributed by atoms with Gasteiger partial charge in [0.1, 0.15) is 12.2 Å². The lowest BCUT2D eigenvalue weighted by Gasteiger charge is -2.45. The molecule has 0 saturated carbocycles. The van der Waals surface area contributed by atoms with E-state index in [1.54, 1.807) is 42.1 Å². The van der Waals surface area contributed by atoms with Gasteiger partial charge < -0.3 is 20.1 Å². The molecule has 0 bridgehead atoms. The average molecular weight is 532 g/mol. The molecule has 0 aromatic heterocycles. The zero-order valence-electron chi connectivity index (χ0n) is 20.1. The Labute approximate surface area is 219 Å². The topological polar surface area (TPSA) is 97.7 Å². The largest absolute Gasteiger partial charge is 0.469 e. The fraction of sp³-hybridized carbons (Fsp3) is 0.400. The Hall–Kier alpha value is -2.85. The number of benzene rings is 2. The van der Waals surface area contributed by atoms with E-state index < -0.39 is 18.6 Å². The van der Waals surface area contributed by atoms with E-state index in [9.17, 15) is 14.7 Å². The number of carbonyl (C=O) groups is 2. The second-order valence-electron chi connectivity index (χ2n) is 9.39. The summed E-state index contributed by atoms with van der Waals surface area (Å²) in [5.74, 6) is -0.0788. The number of nitrogens with zero attached hydrogens (tertiary/aromatic N) is 4. The van der Waals surface area contributed by atoms with Crippen molar-refractivity contribution in [1.29, 1.82) is 0 Å². The summed E-state index contributed by atoms with van der Waals surface area (Å²) in [4.78, 5) is 35.0. The van der Waals surface area contributed by atoms with Crippen molar-refractivity contribution < 1.29 is 19.4 Å². The summed E-state index contributed by atoms with van der Waals surface area (Å²) in [5.41, 5.74) is 3.78. The molecular weight excluding hydrogens is 505 g/mol. The number of guanidine groups is 1. The molecule has 2 aromatic rings. The van der Waals surface area contributed by atoms with E-state index >= 15 is 0 Å². The maximum Gasteiger partial charge on any atom is 0.309 e. The van der Waals surface area contributed by atoms with Crippen molar-refractivity contribution in [3.05, 3.63) is 63.1 Å². The molecule has 0 radical (unpaired) electrons. The van der Waals surface area contributed by atoms with Crippen molar-refractivity contribution in [2.24, 2.45) is 10.9 Å². The van der Waals surface area contributed by atoms with Crippen LogP contribution in [0.2, 0.25) is 10.0 Å². The van der Waals surface area contributed by atoms with Crippen LogP contribution < -0.4 is 5.32 Å². The molecule has 0 spiro atoms. The van der Waals surface area contributed by atoms with Gasteiger partial charge in [0.15, 0.2) is 6.35 Å². The first-order chi connectivity index (χ1) is 17.2. The maximum atomic E-state index is 13.5. The Bertz CT molecular complexity index is 1250. The van der Waals surface area contributed by atoms with E-state index in [1.165, 1.54) is 12.0 Å². The van der Waals surface area contributed by atoms with E-state index in [2.05, 4.69) is 5.32 Å². The molecule has 4 unspecified atom stereocenters. The van der Waals surface area contributed by atoms with Crippen LogP contribution in [0, 0.1) is 5.92 Å². The number of aliphatic hydroxyl groups excluding tert-OH is 1. The van der Waals surface area contributed by atoms with Crippen LogP contribution in [-0.2, 0) is 33.7 Å². The van der Waals surface area contributed by atoms with Gasteiger partial charge in [-0.25, -0.2) is 9.89 Å². The van der Waals surface area contributed by atoms with Gasteiger partial charge >= 0.3 is 5.97 Å². The highest BCUT2D eigenvalue weighted by Gasteiger charge is 2.51. The van der Waals surface area contributed by atoms with Crippen molar-refractivity contribution in [2.45, 2.75) is 37.9 Å². The van der Waals surface area contributed by atoms with E-state index in [-0.39, 0.29) is 24.3 Å². The van der Waals surface area contributed by atoms with E-state index in [0.29, 0.717) is 28.8 Å². The molecule has 2 aromatic carbocycles. The van der Waals surface area contributed by atoms with Crippen LogP contribution in [0.4, 0.5) is 5.69 Å². The molecule has 5 rings (SSSR count). The Morgan fingerprint density at radius 3 is 2.61 bits per heavy atom. The van der Waals surface area contributed by atoms with Gasteiger partial charge in [-0.3, -0.25) is 14.5 Å². The van der Waals surface area contributed by atoms with Gasteiger partial charge in [-0.15, -0.1) is 0 Å². The molecule has 1 aliphatic carbocycles. The summed E-state index contributed by atoms with van der Waals surface area (Å²) in [7, 11) is 4.95. The van der Waals surface area contributed by atoms with Gasteiger partial charge in [-0.05, 0) is 60.8 Å². The zero-order valence-corrected chi connectivity index (χ0v) is 21.6. The predicted octanol–water partition coefficient (Wildman–Crippen LogP) is 2.54. The van der Waals surface area contributed by atoms with Crippen LogP contribution in [0.15, 0.2) is 41.4 Å². The first-order valence-corrected chi connectivity index (χ1v) is 12.3. The fourth-order valence-corrected chi connectivity index (χ4v) is 5.46. The molecule has 9 nitrogen and oxygen atoms in total. The SMILES string of the molecule is COC(=O)C1Cc2ccc(NC3=NC4C(C(=O)N(Cc5ccc(Cl)c(Cl)c5)C(O)N4C)N3C)cc2C1. The highest BCUT2D eigenvalue weighted by molar-refractivity contribution is 6.42. The van der Waals surface area contributed by atoms with Crippen LogP contribution in [-0.4, -0.2) is 77.4 Å². The molecule has 2 aliphatic heterocycles. The third-order valence-corrected chi connectivity index (χ3v) is 7.89. The quantitative estimate of drug-likeness (QED) is 0.585. The Morgan fingerprint density at radius 1 is 1.14 bits per heavy atom. The number of likely N-dealkylation sites (N-methyl/N-ethyl adjacent to an activating group) is 2. The Kier molecular flexibility index (Phi) is 6.59. The van der Waals surface area contributed by atoms with Crippen LogP contribution >= 0.6 is 23.2 Å². The van der Waals surface area contributed by atoms with Crippen molar-refractivity contribution in [2.75, 3.05) is 26.5 Å². The number of nitrogens with one attached hydrogen (secondary N) is 1. The number of amides is 1. The third-order valence-electron chi connectivity index (χ3n) is 7.15. The van der Waals surface area contributed by atoms with Crippen LogP contribution in [0.1, 0.15) is 16.7 Å². The molecule has 4 atom stereocenters. The van der Waals surface area contributed by atoms with Crippen molar-refractivity contribution in [3.63, 3.8) is 0 Å². The molecule has 1 fully saturated rings. The third kappa shape index (κ3) is 4.30. The number of aliphatic hydroxyl groups is 1. The van der Waals surface area contributed by atoms with Crippen LogP contribution in [0.3, 0.4) is 0 Å². The number of hydrogen-bond acceptors (Lipinski definition) is 8. The van der Waals surface area contributed by atoms with Crippen LogP contribution in [0.25, 0.3) is 0 Å². The van der Waals surface area contributed by atoms with Crippen LogP contribution in [0.5, 0.6) is 0 Å². The number of rotatable bonds is 4. The number of esters is 1. The van der Waals surface area contributed by atoms with Gasteiger partial charge in [0, 0.05) is 19.3 Å². The lowest BCUT2D eigenvalue weighted by atomic mass is 10.1. The average Bonchev–Trinajstić information content (AvgIpc) is 3.43. The van der Waals surface area contributed by atoms with Crippen molar-refractivity contribution in [3.8, 4) is 0 Å². The molecule has 190 valence electrons. The highest BCUT2D eigenvalue weighted by Crippen LogP contribution is 2.33. The molecule has 2 N–H and O–H groups in total. The standard InChI is InChI=1S/C25H27Cl2N5O4/c1-30-20-21(31(2)25(35)32(22(20)33)12-13-4-7-18(26)19(27)8-13)29-24(30)28-17-6-5-14-9-16(23(34)36-3)10-15(14)11-17/h4-8,11,16,20-21,25,35H,9-10,12H2,1-3H3,(H,28,29). The van der Waals surface area contributed by atoms with Crippen molar-refractivity contribution >= 4 is 46.7 Å². The number of anilines is 1. The van der Waals surface area contributed by atoms with Crippen molar-refractivity contribution in [1.82, 2.24) is 14.7 Å². The monoisotopic (exact) mass is 531 g/mol. The first kappa shape index (κ1) is 24.8. The number of methoxy groups -OCH3 is 1. The smallest absolute Gasteiger partial charge is 0.309 e. The minimum atomic E-state index is -1.15. The molecule has 2 heterocycles. The van der Waals surface area contributed by atoms with E-state index in [1.807, 2.05) is 18.2 Å². The predicted molar refractivity (Wildman–Crippen MR) is 137 cm³/mol. The Balaban J connectivity index is 1.33. The molecule has 1 amide bonds. The minimum absolute atomic E-state index is 0.163. The molecular formula is C25H27Cl2N5O4. The van der Waals surface area contributed by atoms with E-state index in [0.717, 1.165) is 22.4 Å². The summed E-state index contributed by atoms with van der Waals surface area (Å²) in [5, 5.41) is 15.1. The van der Waals surface area contributed by atoms with Gasteiger partial charge in [0.25, 0.3) is 5.91 Å². The summed E-state index contributed by atoms with van der Waals surface area (Å²) >= 11 is 12.2. The normalized spacial score (nSPS) is 25.5. The second kappa shape index (κ2) is 9.55.